The zero-order chi connectivity index (χ0) is 22.3. The number of hydrogen-bond donors (Lipinski definition) is 3. The van der Waals surface area contributed by atoms with E-state index in [0.717, 1.165) is 0 Å². The van der Waals surface area contributed by atoms with Gasteiger partial charge < -0.3 is 25.2 Å². The van der Waals surface area contributed by atoms with E-state index in [1.807, 2.05) is 13.0 Å². The molecule has 1 aromatic rings. The van der Waals surface area contributed by atoms with Gasteiger partial charge in [-0.05, 0) is 19.1 Å². The molecule has 9 nitrogen and oxygen atoms in total. The molecule has 1 saturated heterocycles. The molecule has 1 unspecified atom stereocenters. The number of guanidine groups is 1. The van der Waals surface area contributed by atoms with Gasteiger partial charge in [-0.3, -0.25) is 19.9 Å². The van der Waals surface area contributed by atoms with Crippen LogP contribution in [0.5, 0.6) is 0 Å². The second kappa shape index (κ2) is 9.96. The third kappa shape index (κ3) is 4.47. The number of amides is 2. The van der Waals surface area contributed by atoms with E-state index >= 15 is 0 Å². The number of aliphatic carboxylic acids is 1. The van der Waals surface area contributed by atoms with Crippen molar-refractivity contribution in [1.29, 1.82) is 0 Å². The Bertz CT molecular complexity index is 984. The van der Waals surface area contributed by atoms with Gasteiger partial charge in [0.25, 0.3) is 5.91 Å². The monoisotopic (exact) mass is 466 g/mol. The van der Waals surface area contributed by atoms with Crippen molar-refractivity contribution in [3.8, 4) is 0 Å². The number of β-lactam (4-membered cyclic amide) rings is 1. The van der Waals surface area contributed by atoms with Crippen molar-refractivity contribution in [2.45, 2.75) is 31.2 Å². The van der Waals surface area contributed by atoms with Gasteiger partial charge in [0, 0.05) is 28.2 Å². The number of carboxylic acids is 1. The van der Waals surface area contributed by atoms with Crippen LogP contribution in [0.25, 0.3) is 0 Å². The van der Waals surface area contributed by atoms with Crippen molar-refractivity contribution in [3.05, 3.63) is 46.5 Å². The van der Waals surface area contributed by atoms with Gasteiger partial charge in [-0.15, -0.1) is 11.8 Å². The third-order valence-electron chi connectivity index (χ3n) is 5.81. The van der Waals surface area contributed by atoms with Gasteiger partial charge in [0.2, 0.25) is 5.91 Å². The molecular weight excluding hydrogens is 443 g/mol. The van der Waals surface area contributed by atoms with Crippen molar-refractivity contribution in [3.63, 3.8) is 0 Å². The molecule has 3 heterocycles. The molecule has 0 aromatic heterocycles. The Labute approximate surface area is 212 Å². The molecule has 164 valence electrons. The summed E-state index contributed by atoms with van der Waals surface area (Å²) in [7, 11) is 0. The fraction of sp³-hybridized carbons (Fsp3) is 0.429. The maximum absolute atomic E-state index is 12.4. The predicted octanol–water partition coefficient (Wildman–Crippen LogP) is -3.70. The number of carbonyl (C=O) groups excluding carboxylic acids is 3. The number of rotatable bonds is 5. The number of nitrogens with zero attached hydrogens (tertiary/aromatic N) is 2. The first-order valence-corrected chi connectivity index (χ1v) is 11.0. The molecule has 0 spiro atoms. The summed E-state index contributed by atoms with van der Waals surface area (Å²) >= 11 is 1.35. The molecule has 1 fully saturated rings. The summed E-state index contributed by atoms with van der Waals surface area (Å²) in [4.78, 5) is 42.6. The molecule has 5 atom stereocenters. The normalized spacial score (nSPS) is 27.4. The average molecular weight is 466 g/mol. The molecule has 0 saturated carbocycles. The summed E-state index contributed by atoms with van der Waals surface area (Å²) in [6.45, 7) is 4.24. The first kappa shape index (κ1) is 24.8. The van der Waals surface area contributed by atoms with E-state index < -0.39 is 18.0 Å². The van der Waals surface area contributed by atoms with Gasteiger partial charge in [-0.1, -0.05) is 25.1 Å². The number of benzene rings is 1. The minimum atomic E-state index is -1.39. The second-order valence-electron chi connectivity index (χ2n) is 7.88. The van der Waals surface area contributed by atoms with Crippen molar-refractivity contribution in [2.24, 2.45) is 16.8 Å². The van der Waals surface area contributed by atoms with Crippen LogP contribution in [-0.2, 0) is 9.59 Å². The van der Waals surface area contributed by atoms with Crippen molar-refractivity contribution in [1.82, 2.24) is 15.5 Å². The summed E-state index contributed by atoms with van der Waals surface area (Å²) in [5.74, 6) is -2.50. The number of nitrogens with one attached hydrogen (secondary N) is 2. The summed E-state index contributed by atoms with van der Waals surface area (Å²) in [6, 6.07) is 8.42. The summed E-state index contributed by atoms with van der Waals surface area (Å²) < 4.78 is 0. The summed E-state index contributed by atoms with van der Waals surface area (Å²) in [5.41, 5.74) is 0.422. The van der Waals surface area contributed by atoms with E-state index in [9.17, 15) is 24.6 Å². The molecule has 0 aliphatic carbocycles. The minimum absolute atomic E-state index is 0. The van der Waals surface area contributed by atoms with Crippen LogP contribution in [0, 0.1) is 11.8 Å². The number of aliphatic imine (C=N–C) groups is 1. The maximum Gasteiger partial charge on any atom is 1.00 e. The van der Waals surface area contributed by atoms with Crippen molar-refractivity contribution in [2.75, 3.05) is 13.1 Å². The third-order valence-corrected chi connectivity index (χ3v) is 7.28. The van der Waals surface area contributed by atoms with Crippen LogP contribution in [-0.4, -0.2) is 64.2 Å². The van der Waals surface area contributed by atoms with E-state index in [4.69, 9.17) is 0 Å². The fourth-order valence-corrected chi connectivity index (χ4v) is 5.63. The second-order valence-corrected chi connectivity index (χ2v) is 9.23. The zero-order valence-corrected chi connectivity index (χ0v) is 20.9. The quantitative estimate of drug-likeness (QED) is 0.300. The first-order valence-electron chi connectivity index (χ1n) is 10.1. The number of thioether (sulfide) groups is 1. The topological polar surface area (TPSA) is 134 Å². The molecular formula is C21H23N4NaO5S. The molecule has 2 amide bonds. The molecule has 0 bridgehead atoms. The van der Waals surface area contributed by atoms with Gasteiger partial charge in [-0.2, -0.15) is 0 Å². The fourth-order valence-electron chi connectivity index (χ4n) is 4.30. The standard InChI is InChI=1S/C21H24N4O5S.Na/c1-10-15-14(11(2)26)19(28)25(15)16(20(29)30)17(10)31-13-8-22-21(23-9-13)24-18(27)12-6-4-3-5-7-12;/h3-7,10-11,13-15,26H,8-9H2,1-2H3,(H,29,30)(H2,22,23,24,27);/q;+1/p-1/t10-,11-,14-,15-;/m1./s1. The van der Waals surface area contributed by atoms with Crippen LogP contribution in [0.1, 0.15) is 24.2 Å². The van der Waals surface area contributed by atoms with E-state index in [1.54, 1.807) is 31.2 Å². The predicted molar refractivity (Wildman–Crippen MR) is 113 cm³/mol. The molecule has 0 radical (unpaired) electrons. The summed E-state index contributed by atoms with van der Waals surface area (Å²) in [6.07, 6.45) is -0.847. The summed E-state index contributed by atoms with van der Waals surface area (Å²) in [5, 5.41) is 27.4. The van der Waals surface area contributed by atoms with E-state index in [1.165, 1.54) is 16.7 Å². The Hall–Kier alpha value is -1.85. The SMILES string of the molecule is C[C@@H](O)[C@H]1C(=O)N2C(C(=O)[O-])=C(SC3CN=C(NC(=O)c4ccccc4)NC3)[C@H](C)[C@H]12.[Na+]. The Morgan fingerprint density at radius 1 is 1.34 bits per heavy atom. The zero-order valence-electron chi connectivity index (χ0n) is 18.1. The number of carboxylic acid groups (broad SMARTS) is 1. The number of carbonyl (C=O) groups is 3. The number of aliphatic hydroxyl groups excluding tert-OH is 1. The Kier molecular flexibility index (Phi) is 7.72. The van der Waals surface area contributed by atoms with E-state index in [0.29, 0.717) is 29.5 Å². The first-order chi connectivity index (χ1) is 14.8. The smallest absolute Gasteiger partial charge is 0.543 e. The van der Waals surface area contributed by atoms with Gasteiger partial charge in [0.15, 0.2) is 5.96 Å². The van der Waals surface area contributed by atoms with Gasteiger partial charge in [0.05, 0.1) is 36.3 Å². The van der Waals surface area contributed by atoms with Crippen LogP contribution in [0.3, 0.4) is 0 Å². The maximum atomic E-state index is 12.4. The van der Waals surface area contributed by atoms with Crippen molar-refractivity contribution < 1.29 is 54.2 Å². The number of hydrogen-bond acceptors (Lipinski definition) is 8. The van der Waals surface area contributed by atoms with E-state index in [-0.39, 0.29) is 64.3 Å². The van der Waals surface area contributed by atoms with Crippen LogP contribution in [0.4, 0.5) is 0 Å². The molecule has 3 N–H and O–H groups in total. The molecule has 3 aliphatic heterocycles. The molecule has 11 heteroatoms. The van der Waals surface area contributed by atoms with Crippen LogP contribution in [0.2, 0.25) is 0 Å². The van der Waals surface area contributed by atoms with Crippen molar-refractivity contribution >= 4 is 35.5 Å². The van der Waals surface area contributed by atoms with Gasteiger partial charge in [-0.25, -0.2) is 0 Å². The van der Waals surface area contributed by atoms with Crippen LogP contribution in [0.15, 0.2) is 45.9 Å². The van der Waals surface area contributed by atoms with E-state index in [2.05, 4.69) is 15.6 Å². The Morgan fingerprint density at radius 3 is 2.59 bits per heavy atom. The molecule has 4 rings (SSSR count). The number of fused-ring (bicyclic) bond motifs is 1. The molecule has 3 aliphatic rings. The molecule has 32 heavy (non-hydrogen) atoms. The van der Waals surface area contributed by atoms with Crippen LogP contribution >= 0.6 is 11.8 Å². The Balaban J connectivity index is 0.00000289. The molecule has 1 aromatic carbocycles. The van der Waals surface area contributed by atoms with Gasteiger partial charge >= 0.3 is 29.6 Å². The minimum Gasteiger partial charge on any atom is -0.543 e. The number of aliphatic hydroxyl groups is 1. The van der Waals surface area contributed by atoms with Gasteiger partial charge in [0.1, 0.15) is 0 Å². The largest absolute Gasteiger partial charge is 1.00 e. The Morgan fingerprint density at radius 2 is 2.03 bits per heavy atom. The van der Waals surface area contributed by atoms with Crippen LogP contribution < -0.4 is 45.3 Å². The average Bonchev–Trinajstić information content (AvgIpc) is 2.98.